The highest BCUT2D eigenvalue weighted by Crippen LogP contribution is 2.47. The van der Waals surface area contributed by atoms with Crippen LogP contribution in [0.3, 0.4) is 0 Å². The minimum atomic E-state index is -0.173. The van der Waals surface area contributed by atoms with Crippen molar-refractivity contribution in [2.75, 3.05) is 10.2 Å². The molecule has 0 radical (unpaired) electrons. The van der Waals surface area contributed by atoms with Crippen LogP contribution < -0.4 is 10.2 Å². The Morgan fingerprint density at radius 3 is 2.69 bits per heavy atom. The van der Waals surface area contributed by atoms with Gasteiger partial charge in [0.2, 0.25) is 0 Å². The number of pyridine rings is 1. The highest BCUT2D eigenvalue weighted by atomic mass is 15.3. The van der Waals surface area contributed by atoms with Gasteiger partial charge in [0.25, 0.3) is 0 Å². The summed E-state index contributed by atoms with van der Waals surface area (Å²) < 4.78 is 1.91. The third kappa shape index (κ3) is 2.48. The second kappa shape index (κ2) is 7.02. The first-order chi connectivity index (χ1) is 15.8. The van der Waals surface area contributed by atoms with E-state index < -0.39 is 0 Å². The van der Waals surface area contributed by atoms with Crippen LogP contribution in [0.15, 0.2) is 89.1 Å². The number of rotatable bonds is 4. The Kier molecular flexibility index (Phi) is 4.01. The first-order valence-electron chi connectivity index (χ1n) is 10.3. The van der Waals surface area contributed by atoms with Crippen molar-refractivity contribution in [3.05, 3.63) is 84.7 Å². The van der Waals surface area contributed by atoms with Gasteiger partial charge in [-0.2, -0.15) is 0 Å². The summed E-state index contributed by atoms with van der Waals surface area (Å²) in [6.45, 7) is 3.56. The van der Waals surface area contributed by atoms with Crippen LogP contribution in [-0.2, 0) is 0 Å². The summed E-state index contributed by atoms with van der Waals surface area (Å²) in [5.74, 6) is 0.702. The maximum Gasteiger partial charge on any atom is 0.164 e. The number of benzene rings is 2. The van der Waals surface area contributed by atoms with Crippen LogP contribution in [-0.4, -0.2) is 34.4 Å². The van der Waals surface area contributed by atoms with Gasteiger partial charge in [-0.1, -0.05) is 36.4 Å². The topological polar surface area (TPSA) is 81.7 Å². The lowest BCUT2D eigenvalue weighted by atomic mass is 10.1. The van der Waals surface area contributed by atoms with Gasteiger partial charge in [-0.05, 0) is 37.0 Å². The van der Waals surface area contributed by atoms with Crippen molar-refractivity contribution in [2.45, 2.75) is 6.17 Å². The Morgan fingerprint density at radius 2 is 1.88 bits per heavy atom. The monoisotopic (exact) mass is 417 g/mol. The predicted octanol–water partition coefficient (Wildman–Crippen LogP) is 5.21. The van der Waals surface area contributed by atoms with E-state index in [1.165, 1.54) is 6.21 Å². The molecule has 4 heterocycles. The van der Waals surface area contributed by atoms with Crippen LogP contribution in [0.2, 0.25) is 0 Å². The average Bonchev–Trinajstić information content (AvgIpc) is 3.34. The van der Waals surface area contributed by atoms with E-state index in [4.69, 9.17) is 10.4 Å². The smallest absolute Gasteiger partial charge is 0.164 e. The zero-order valence-electron chi connectivity index (χ0n) is 17.1. The van der Waals surface area contributed by atoms with Crippen molar-refractivity contribution in [1.82, 2.24) is 9.55 Å². The molecule has 2 aromatic carbocycles. The molecule has 0 amide bonds. The molecule has 1 atom stereocenters. The van der Waals surface area contributed by atoms with Crippen molar-refractivity contribution in [3.8, 4) is 0 Å². The summed E-state index contributed by atoms with van der Waals surface area (Å²) in [6, 6.07) is 22.4. The third-order valence-electron chi connectivity index (χ3n) is 5.83. The Morgan fingerprint density at radius 1 is 1.06 bits per heavy atom. The molecule has 0 saturated heterocycles. The number of nitrogens with one attached hydrogen (secondary N) is 2. The van der Waals surface area contributed by atoms with Gasteiger partial charge < -0.3 is 15.6 Å². The first kappa shape index (κ1) is 18.3. The quantitative estimate of drug-likeness (QED) is 0.447. The molecule has 2 aromatic heterocycles. The second-order valence-corrected chi connectivity index (χ2v) is 7.55. The average molecular weight is 417 g/mol. The van der Waals surface area contributed by atoms with Crippen LogP contribution in [0.5, 0.6) is 0 Å². The fraction of sp³-hybridized carbons (Fsp3) is 0.0400. The number of fused-ring (bicyclic) bond motifs is 6. The van der Waals surface area contributed by atoms with Gasteiger partial charge in [-0.3, -0.25) is 14.5 Å². The van der Waals surface area contributed by atoms with E-state index in [0.717, 1.165) is 39.4 Å². The molecule has 0 bridgehead atoms. The van der Waals surface area contributed by atoms with E-state index in [-0.39, 0.29) is 6.17 Å². The number of aliphatic imine (C=N–C) groups is 2. The van der Waals surface area contributed by atoms with Gasteiger partial charge >= 0.3 is 0 Å². The lowest BCUT2D eigenvalue weighted by Gasteiger charge is -2.30. The van der Waals surface area contributed by atoms with E-state index in [9.17, 15) is 0 Å². The maximum atomic E-state index is 7.94. The SMILES string of the molecule is C=N/C=C(\C=N)n1c2c(c3ncccc31)NC1C(=N2)c2ccccc2N1c1ccccc1. The molecule has 154 valence electrons. The zero-order chi connectivity index (χ0) is 21.7. The molecular formula is C25H19N7. The van der Waals surface area contributed by atoms with Crippen molar-refractivity contribution >= 4 is 58.3 Å². The number of para-hydroxylation sites is 2. The molecule has 0 aliphatic carbocycles. The van der Waals surface area contributed by atoms with Gasteiger partial charge in [0.05, 0.1) is 28.8 Å². The number of hydrogen-bond acceptors (Lipinski definition) is 6. The van der Waals surface area contributed by atoms with Crippen LogP contribution in [0.4, 0.5) is 22.9 Å². The van der Waals surface area contributed by atoms with E-state index in [1.54, 1.807) is 12.4 Å². The van der Waals surface area contributed by atoms with E-state index >= 15 is 0 Å². The summed E-state index contributed by atoms with van der Waals surface area (Å²) in [5, 5.41) is 11.6. The molecule has 7 nitrogen and oxygen atoms in total. The molecule has 2 N–H and O–H groups in total. The Bertz CT molecular complexity index is 1450. The summed E-state index contributed by atoms with van der Waals surface area (Å²) in [6.07, 6.45) is 4.41. The Balaban J connectivity index is 1.64. The summed E-state index contributed by atoms with van der Waals surface area (Å²) in [4.78, 5) is 15.9. The molecule has 4 aromatic rings. The maximum absolute atomic E-state index is 7.94. The van der Waals surface area contributed by atoms with Crippen molar-refractivity contribution in [2.24, 2.45) is 9.98 Å². The number of hydrogen-bond donors (Lipinski definition) is 2. The standard InChI is InChI=1S/C25H19N7/c1-27-15-17(14-26)32-20-12-7-13-28-22(20)23-25(32)29-21-18-10-5-6-11-19(18)31(24(21)30-23)16-8-3-2-4-9-16/h2-15,24,26,30H,1H2/b17-15+,26-14?. The molecular weight excluding hydrogens is 398 g/mol. The van der Waals surface area contributed by atoms with Crippen molar-refractivity contribution in [3.63, 3.8) is 0 Å². The number of aromatic nitrogens is 2. The highest BCUT2D eigenvalue weighted by molar-refractivity contribution is 6.21. The van der Waals surface area contributed by atoms with E-state index in [0.29, 0.717) is 11.5 Å². The molecule has 0 saturated carbocycles. The highest BCUT2D eigenvalue weighted by Gasteiger charge is 2.40. The predicted molar refractivity (Wildman–Crippen MR) is 131 cm³/mol. The molecule has 2 aliphatic heterocycles. The fourth-order valence-electron chi connectivity index (χ4n) is 4.55. The third-order valence-corrected chi connectivity index (χ3v) is 5.83. The van der Waals surface area contributed by atoms with Crippen molar-refractivity contribution in [1.29, 1.82) is 5.41 Å². The lowest BCUT2D eigenvalue weighted by molar-refractivity contribution is 0.934. The normalized spacial score (nSPS) is 16.6. The van der Waals surface area contributed by atoms with Gasteiger partial charge in [-0.25, -0.2) is 4.99 Å². The minimum absolute atomic E-state index is 0.173. The molecule has 2 aliphatic rings. The molecule has 0 spiro atoms. The number of nitrogens with zero attached hydrogens (tertiary/aromatic N) is 5. The van der Waals surface area contributed by atoms with Crippen LogP contribution in [0.1, 0.15) is 5.56 Å². The van der Waals surface area contributed by atoms with Gasteiger partial charge in [0, 0.05) is 23.7 Å². The summed E-state index contributed by atoms with van der Waals surface area (Å²) in [5.41, 5.74) is 7.23. The fourth-order valence-corrected chi connectivity index (χ4v) is 4.55. The molecule has 7 heteroatoms. The summed E-state index contributed by atoms with van der Waals surface area (Å²) >= 11 is 0. The second-order valence-electron chi connectivity index (χ2n) is 7.55. The van der Waals surface area contributed by atoms with E-state index in [2.05, 4.69) is 51.2 Å². The first-order valence-corrected chi connectivity index (χ1v) is 10.3. The number of anilines is 3. The van der Waals surface area contributed by atoms with Crippen molar-refractivity contribution < 1.29 is 0 Å². The Labute approximate surface area is 184 Å². The van der Waals surface area contributed by atoms with Gasteiger partial charge in [0.15, 0.2) is 5.82 Å². The van der Waals surface area contributed by atoms with Crippen LogP contribution in [0.25, 0.3) is 16.7 Å². The number of allylic oxidation sites excluding steroid dienone is 1. The van der Waals surface area contributed by atoms with Gasteiger partial charge in [0.1, 0.15) is 17.4 Å². The largest absolute Gasteiger partial charge is 0.355 e. The van der Waals surface area contributed by atoms with Crippen LogP contribution >= 0.6 is 0 Å². The van der Waals surface area contributed by atoms with Crippen LogP contribution in [0, 0.1) is 5.41 Å². The minimum Gasteiger partial charge on any atom is -0.355 e. The Hall–Kier alpha value is -4.52. The molecule has 0 fully saturated rings. The molecule has 1 unspecified atom stereocenters. The molecule has 32 heavy (non-hydrogen) atoms. The van der Waals surface area contributed by atoms with Gasteiger partial charge in [-0.15, -0.1) is 0 Å². The lowest BCUT2D eigenvalue weighted by Crippen LogP contribution is -2.40. The zero-order valence-corrected chi connectivity index (χ0v) is 17.1. The molecule has 6 rings (SSSR count). The summed E-state index contributed by atoms with van der Waals surface area (Å²) in [7, 11) is 0. The van der Waals surface area contributed by atoms with E-state index in [1.807, 2.05) is 47.0 Å².